The maximum atomic E-state index is 11.7. The minimum absolute atomic E-state index is 0.0605. The van der Waals surface area contributed by atoms with E-state index in [1.165, 1.54) is 18.6 Å². The molecule has 6 heteroatoms. The van der Waals surface area contributed by atoms with Gasteiger partial charge in [0, 0.05) is 24.0 Å². The van der Waals surface area contributed by atoms with E-state index < -0.39 is 0 Å². The number of hydrogen-bond acceptors (Lipinski definition) is 4. The molecule has 1 amide bonds. The Labute approximate surface area is 117 Å². The summed E-state index contributed by atoms with van der Waals surface area (Å²) < 4.78 is 1.70. The van der Waals surface area contributed by atoms with E-state index >= 15 is 0 Å². The van der Waals surface area contributed by atoms with Crippen molar-refractivity contribution in [3.8, 4) is 0 Å². The molecule has 3 rings (SSSR count). The largest absolute Gasteiger partial charge is 0.379 e. The molecule has 1 saturated carbocycles. The van der Waals surface area contributed by atoms with E-state index in [9.17, 15) is 4.79 Å². The van der Waals surface area contributed by atoms with Crippen LogP contribution < -0.4 is 10.6 Å². The van der Waals surface area contributed by atoms with E-state index in [-0.39, 0.29) is 5.91 Å². The number of nitrogens with zero attached hydrogens (tertiary/aromatic N) is 2. The molecule has 0 radical (unpaired) electrons. The van der Waals surface area contributed by atoms with Crippen LogP contribution in [0.2, 0.25) is 0 Å². The van der Waals surface area contributed by atoms with Crippen molar-refractivity contribution in [2.75, 3.05) is 16.8 Å². The van der Waals surface area contributed by atoms with Crippen molar-refractivity contribution < 1.29 is 4.79 Å². The molecule has 104 valence electrons. The highest BCUT2D eigenvalue weighted by Gasteiger charge is 2.23. The molecule has 1 aromatic rings. The number of rotatable bonds is 5. The number of nitrogens with one attached hydrogen (secondary N) is 2. The molecule has 0 bridgehead atoms. The van der Waals surface area contributed by atoms with E-state index in [1.807, 2.05) is 24.2 Å². The summed E-state index contributed by atoms with van der Waals surface area (Å²) in [7, 11) is 0. The Morgan fingerprint density at radius 2 is 2.32 bits per heavy atom. The number of thioether (sulfide) groups is 1. The summed E-state index contributed by atoms with van der Waals surface area (Å²) in [5.41, 5.74) is 1.02. The number of anilines is 1. The van der Waals surface area contributed by atoms with Crippen LogP contribution in [0.1, 0.15) is 25.7 Å². The lowest BCUT2D eigenvalue weighted by atomic mass is 10.2. The molecule has 2 aliphatic rings. The van der Waals surface area contributed by atoms with Crippen molar-refractivity contribution in [2.45, 2.75) is 44.3 Å². The maximum Gasteiger partial charge on any atom is 0.241 e. The molecule has 2 heterocycles. The minimum Gasteiger partial charge on any atom is -0.379 e. The highest BCUT2D eigenvalue weighted by Crippen LogP contribution is 2.21. The quantitative estimate of drug-likeness (QED) is 0.857. The van der Waals surface area contributed by atoms with E-state index in [4.69, 9.17) is 0 Å². The summed E-state index contributed by atoms with van der Waals surface area (Å²) in [5, 5.41) is 10.7. The standard InChI is InChI=1S/C13H20N4OS/c18-13(16-10-3-4-10)8-17-7-12(6-14-17)15-11-2-1-5-19-9-11/h6-7,10-11,15H,1-5,8-9H2,(H,16,18). The highest BCUT2D eigenvalue weighted by atomic mass is 32.2. The van der Waals surface area contributed by atoms with Gasteiger partial charge >= 0.3 is 0 Å². The van der Waals surface area contributed by atoms with Crippen molar-refractivity contribution in [1.29, 1.82) is 0 Å². The van der Waals surface area contributed by atoms with Crippen LogP contribution in [0.3, 0.4) is 0 Å². The summed E-state index contributed by atoms with van der Waals surface area (Å²) in [6, 6.07) is 0.955. The van der Waals surface area contributed by atoms with Gasteiger partial charge in [-0.15, -0.1) is 0 Å². The Kier molecular flexibility index (Phi) is 3.96. The molecule has 1 aromatic heterocycles. The van der Waals surface area contributed by atoms with E-state index in [1.54, 1.807) is 4.68 Å². The smallest absolute Gasteiger partial charge is 0.241 e. The van der Waals surface area contributed by atoms with Crippen LogP contribution >= 0.6 is 11.8 Å². The first kappa shape index (κ1) is 12.8. The normalized spacial score (nSPS) is 23.1. The first-order valence-corrected chi connectivity index (χ1v) is 8.11. The first-order chi connectivity index (χ1) is 9.29. The second-order valence-corrected chi connectivity index (χ2v) is 6.48. The Morgan fingerprint density at radius 1 is 1.42 bits per heavy atom. The number of aromatic nitrogens is 2. The third-order valence-electron chi connectivity index (χ3n) is 3.41. The molecule has 1 saturated heterocycles. The van der Waals surface area contributed by atoms with E-state index in [2.05, 4.69) is 15.7 Å². The fourth-order valence-electron chi connectivity index (χ4n) is 2.26. The van der Waals surface area contributed by atoms with Crippen LogP contribution in [0.15, 0.2) is 12.4 Å². The van der Waals surface area contributed by atoms with Crippen molar-refractivity contribution in [3.05, 3.63) is 12.4 Å². The van der Waals surface area contributed by atoms with Gasteiger partial charge in [0.2, 0.25) is 5.91 Å². The molecule has 2 fully saturated rings. The fourth-order valence-corrected chi connectivity index (χ4v) is 3.33. The third-order valence-corrected chi connectivity index (χ3v) is 4.63. The lowest BCUT2D eigenvalue weighted by molar-refractivity contribution is -0.122. The van der Waals surface area contributed by atoms with Crippen LogP contribution in [0.25, 0.3) is 0 Å². The summed E-state index contributed by atoms with van der Waals surface area (Å²) >= 11 is 2.00. The molecule has 19 heavy (non-hydrogen) atoms. The van der Waals surface area contributed by atoms with Gasteiger partial charge in [-0.3, -0.25) is 9.48 Å². The number of carbonyl (C=O) groups excluding carboxylic acids is 1. The average Bonchev–Trinajstić information content (AvgIpc) is 3.11. The molecule has 2 N–H and O–H groups in total. The Morgan fingerprint density at radius 3 is 3.05 bits per heavy atom. The van der Waals surface area contributed by atoms with Crippen LogP contribution in [-0.4, -0.2) is 39.3 Å². The predicted molar refractivity (Wildman–Crippen MR) is 77.4 cm³/mol. The van der Waals surface area contributed by atoms with Gasteiger partial charge in [0.15, 0.2) is 0 Å². The Bertz CT molecular complexity index is 438. The van der Waals surface area contributed by atoms with Crippen LogP contribution in [0.5, 0.6) is 0 Å². The van der Waals surface area contributed by atoms with Gasteiger partial charge in [-0.1, -0.05) is 0 Å². The second kappa shape index (κ2) is 5.86. The molecular formula is C13H20N4OS. The van der Waals surface area contributed by atoms with Gasteiger partial charge in [-0.05, 0) is 31.4 Å². The minimum atomic E-state index is 0.0605. The average molecular weight is 280 g/mol. The van der Waals surface area contributed by atoms with Crippen molar-refractivity contribution in [3.63, 3.8) is 0 Å². The van der Waals surface area contributed by atoms with Gasteiger partial charge in [-0.25, -0.2) is 0 Å². The van der Waals surface area contributed by atoms with Gasteiger partial charge in [-0.2, -0.15) is 16.9 Å². The van der Waals surface area contributed by atoms with Gasteiger partial charge in [0.25, 0.3) is 0 Å². The SMILES string of the molecule is O=C(Cn1cc(NC2CCCSC2)cn1)NC1CC1. The van der Waals surface area contributed by atoms with Crippen LogP contribution in [0.4, 0.5) is 5.69 Å². The first-order valence-electron chi connectivity index (χ1n) is 6.96. The van der Waals surface area contributed by atoms with Gasteiger partial charge < -0.3 is 10.6 Å². The van der Waals surface area contributed by atoms with Crippen molar-refractivity contribution in [1.82, 2.24) is 15.1 Å². The van der Waals surface area contributed by atoms with Gasteiger partial charge in [0.05, 0.1) is 11.9 Å². The summed E-state index contributed by atoms with van der Waals surface area (Å²) in [6.07, 6.45) is 8.48. The maximum absolute atomic E-state index is 11.7. The Hall–Kier alpha value is -1.17. The Balaban J connectivity index is 1.48. The van der Waals surface area contributed by atoms with Gasteiger partial charge in [0.1, 0.15) is 6.54 Å². The zero-order chi connectivity index (χ0) is 13.1. The topological polar surface area (TPSA) is 59.0 Å². The summed E-state index contributed by atoms with van der Waals surface area (Å²) in [6.45, 7) is 0.317. The molecule has 1 aliphatic carbocycles. The van der Waals surface area contributed by atoms with Crippen molar-refractivity contribution in [2.24, 2.45) is 0 Å². The fraction of sp³-hybridized carbons (Fsp3) is 0.692. The van der Waals surface area contributed by atoms with Crippen LogP contribution in [-0.2, 0) is 11.3 Å². The van der Waals surface area contributed by atoms with Crippen molar-refractivity contribution >= 4 is 23.4 Å². The molecule has 0 aromatic carbocycles. The number of hydrogen-bond donors (Lipinski definition) is 2. The lowest BCUT2D eigenvalue weighted by Crippen LogP contribution is -2.29. The van der Waals surface area contributed by atoms with E-state index in [0.29, 0.717) is 18.6 Å². The molecule has 5 nitrogen and oxygen atoms in total. The van der Waals surface area contributed by atoms with Crippen LogP contribution in [0, 0.1) is 0 Å². The third kappa shape index (κ3) is 3.89. The number of amides is 1. The zero-order valence-corrected chi connectivity index (χ0v) is 11.8. The molecular weight excluding hydrogens is 260 g/mol. The monoisotopic (exact) mass is 280 g/mol. The summed E-state index contributed by atoms with van der Waals surface area (Å²) in [4.78, 5) is 11.7. The highest BCUT2D eigenvalue weighted by molar-refractivity contribution is 7.99. The lowest BCUT2D eigenvalue weighted by Gasteiger charge is -2.22. The second-order valence-electron chi connectivity index (χ2n) is 5.33. The molecule has 1 atom stereocenters. The summed E-state index contributed by atoms with van der Waals surface area (Å²) in [5.74, 6) is 2.50. The molecule has 1 unspecified atom stereocenters. The number of carbonyl (C=O) groups is 1. The molecule has 1 aliphatic heterocycles. The van der Waals surface area contributed by atoms with E-state index in [0.717, 1.165) is 24.3 Å². The zero-order valence-electron chi connectivity index (χ0n) is 11.0. The molecule has 0 spiro atoms. The predicted octanol–water partition coefficient (Wildman–Crippen LogP) is 1.47.